The molecule has 0 bridgehead atoms. The van der Waals surface area contributed by atoms with Crippen LogP contribution in [0.4, 0.5) is 0 Å². The monoisotopic (exact) mass is 198 g/mol. The van der Waals surface area contributed by atoms with Gasteiger partial charge in [-0.05, 0) is 26.4 Å². The van der Waals surface area contributed by atoms with Crippen LogP contribution in [0, 0.1) is 0 Å². The molecule has 1 atom stereocenters. The van der Waals surface area contributed by atoms with E-state index < -0.39 is 0 Å². The predicted octanol–water partition coefficient (Wildman–Crippen LogP) is 1.34. The lowest BCUT2D eigenvalue weighted by molar-refractivity contribution is -0.130. The molecule has 0 saturated carbocycles. The largest absolute Gasteiger partial charge is 0.338 e. The standard InChI is InChI=1S/C11H22N2O/c1-4-10(9-12(3)5-2)13-8-6-7-11(13)14/h10H,4-9H2,1-3H3/t10-/m0/s1. The van der Waals surface area contributed by atoms with Crippen molar-refractivity contribution in [3.05, 3.63) is 0 Å². The Morgan fingerprint density at radius 2 is 2.21 bits per heavy atom. The van der Waals surface area contributed by atoms with Crippen LogP contribution >= 0.6 is 0 Å². The molecule has 0 radical (unpaired) electrons. The lowest BCUT2D eigenvalue weighted by atomic mass is 10.2. The molecular formula is C11H22N2O. The summed E-state index contributed by atoms with van der Waals surface area (Å²) in [6.07, 6.45) is 2.87. The lowest BCUT2D eigenvalue weighted by Gasteiger charge is -2.30. The molecule has 0 N–H and O–H groups in total. The summed E-state index contributed by atoms with van der Waals surface area (Å²) in [5, 5.41) is 0. The van der Waals surface area contributed by atoms with Gasteiger partial charge in [0.05, 0.1) is 0 Å². The number of rotatable bonds is 5. The number of amides is 1. The SMILES string of the molecule is CC[C@@H](CN(C)CC)N1CCCC1=O. The summed E-state index contributed by atoms with van der Waals surface area (Å²) in [6, 6.07) is 0.426. The molecule has 0 spiro atoms. The molecule has 0 aromatic rings. The van der Waals surface area contributed by atoms with Crippen molar-refractivity contribution in [2.45, 2.75) is 39.2 Å². The third-order valence-electron chi connectivity index (χ3n) is 3.08. The molecule has 1 amide bonds. The molecule has 1 heterocycles. The van der Waals surface area contributed by atoms with Gasteiger partial charge in [0.15, 0.2) is 0 Å². The Labute approximate surface area is 87.1 Å². The fraction of sp³-hybridized carbons (Fsp3) is 0.909. The number of likely N-dealkylation sites (tertiary alicyclic amines) is 1. The second-order valence-electron chi connectivity index (χ2n) is 4.11. The minimum Gasteiger partial charge on any atom is -0.338 e. The molecule has 14 heavy (non-hydrogen) atoms. The molecule has 0 unspecified atom stereocenters. The fourth-order valence-electron chi connectivity index (χ4n) is 1.99. The highest BCUT2D eigenvalue weighted by Gasteiger charge is 2.26. The molecule has 1 saturated heterocycles. The Morgan fingerprint density at radius 1 is 1.50 bits per heavy atom. The molecule has 1 fully saturated rings. The van der Waals surface area contributed by atoms with Crippen LogP contribution in [0.2, 0.25) is 0 Å². The summed E-state index contributed by atoms with van der Waals surface area (Å²) >= 11 is 0. The first-order valence-electron chi connectivity index (χ1n) is 5.67. The first kappa shape index (κ1) is 11.5. The average Bonchev–Trinajstić information content (AvgIpc) is 2.60. The zero-order valence-electron chi connectivity index (χ0n) is 9.62. The van der Waals surface area contributed by atoms with Crippen molar-refractivity contribution < 1.29 is 4.79 Å². The fourth-order valence-corrected chi connectivity index (χ4v) is 1.99. The Balaban J connectivity index is 2.48. The summed E-state index contributed by atoms with van der Waals surface area (Å²) in [5.41, 5.74) is 0. The molecule has 3 nitrogen and oxygen atoms in total. The molecule has 1 aliphatic heterocycles. The van der Waals surface area contributed by atoms with Crippen LogP contribution in [-0.4, -0.2) is 48.4 Å². The minimum atomic E-state index is 0.348. The molecular weight excluding hydrogens is 176 g/mol. The van der Waals surface area contributed by atoms with Crippen LogP contribution in [0.25, 0.3) is 0 Å². The van der Waals surface area contributed by atoms with Gasteiger partial charge in [0, 0.05) is 25.6 Å². The zero-order chi connectivity index (χ0) is 10.6. The van der Waals surface area contributed by atoms with Gasteiger partial charge in [-0.15, -0.1) is 0 Å². The number of hydrogen-bond acceptors (Lipinski definition) is 2. The van der Waals surface area contributed by atoms with Crippen molar-refractivity contribution >= 4 is 5.91 Å². The predicted molar refractivity (Wildman–Crippen MR) is 58.2 cm³/mol. The maximum Gasteiger partial charge on any atom is 0.222 e. The normalized spacial score (nSPS) is 19.4. The minimum absolute atomic E-state index is 0.348. The van der Waals surface area contributed by atoms with E-state index in [-0.39, 0.29) is 0 Å². The smallest absolute Gasteiger partial charge is 0.222 e. The Kier molecular flexibility index (Phi) is 4.39. The van der Waals surface area contributed by atoms with Gasteiger partial charge in [-0.1, -0.05) is 13.8 Å². The van der Waals surface area contributed by atoms with Gasteiger partial charge >= 0.3 is 0 Å². The van der Waals surface area contributed by atoms with Gasteiger partial charge in [0.2, 0.25) is 5.91 Å². The van der Waals surface area contributed by atoms with Crippen molar-refractivity contribution in [2.24, 2.45) is 0 Å². The number of likely N-dealkylation sites (N-methyl/N-ethyl adjacent to an activating group) is 1. The quantitative estimate of drug-likeness (QED) is 0.665. The summed E-state index contributed by atoms with van der Waals surface area (Å²) in [6.45, 7) is 7.35. The second kappa shape index (κ2) is 5.35. The van der Waals surface area contributed by atoms with Crippen molar-refractivity contribution in [3.63, 3.8) is 0 Å². The maximum atomic E-state index is 11.6. The van der Waals surface area contributed by atoms with Gasteiger partial charge in [0.1, 0.15) is 0 Å². The molecule has 0 aromatic carbocycles. The molecule has 3 heteroatoms. The van der Waals surface area contributed by atoms with E-state index in [0.717, 1.165) is 38.9 Å². The van der Waals surface area contributed by atoms with Crippen LogP contribution in [0.15, 0.2) is 0 Å². The van der Waals surface area contributed by atoms with Gasteiger partial charge in [0.25, 0.3) is 0 Å². The van der Waals surface area contributed by atoms with Crippen molar-refractivity contribution in [2.75, 3.05) is 26.7 Å². The van der Waals surface area contributed by atoms with Crippen LogP contribution in [0.1, 0.15) is 33.1 Å². The van der Waals surface area contributed by atoms with Crippen LogP contribution in [0.3, 0.4) is 0 Å². The highest BCUT2D eigenvalue weighted by Crippen LogP contribution is 2.16. The summed E-state index contributed by atoms with van der Waals surface area (Å²) in [4.78, 5) is 15.9. The van der Waals surface area contributed by atoms with E-state index in [2.05, 4.69) is 30.7 Å². The van der Waals surface area contributed by atoms with E-state index in [1.54, 1.807) is 0 Å². The van der Waals surface area contributed by atoms with Crippen molar-refractivity contribution in [3.8, 4) is 0 Å². The van der Waals surface area contributed by atoms with Crippen molar-refractivity contribution in [1.82, 2.24) is 9.80 Å². The highest BCUT2D eigenvalue weighted by atomic mass is 16.2. The third kappa shape index (κ3) is 2.71. The lowest BCUT2D eigenvalue weighted by Crippen LogP contribution is -2.43. The first-order valence-corrected chi connectivity index (χ1v) is 5.67. The Bertz CT molecular complexity index is 194. The van der Waals surface area contributed by atoms with E-state index >= 15 is 0 Å². The van der Waals surface area contributed by atoms with Gasteiger partial charge in [-0.25, -0.2) is 0 Å². The molecule has 1 aliphatic rings. The number of nitrogens with zero attached hydrogens (tertiary/aromatic N) is 2. The van der Waals surface area contributed by atoms with E-state index in [4.69, 9.17) is 0 Å². The number of carbonyl (C=O) groups excluding carboxylic acids is 1. The van der Waals surface area contributed by atoms with E-state index in [0.29, 0.717) is 11.9 Å². The summed E-state index contributed by atoms with van der Waals surface area (Å²) < 4.78 is 0. The van der Waals surface area contributed by atoms with Crippen molar-refractivity contribution in [1.29, 1.82) is 0 Å². The first-order chi connectivity index (χ1) is 6.69. The van der Waals surface area contributed by atoms with E-state index in [1.165, 1.54) is 0 Å². The molecule has 1 rings (SSSR count). The molecule has 0 aliphatic carbocycles. The van der Waals surface area contributed by atoms with Gasteiger partial charge in [-0.3, -0.25) is 4.79 Å². The number of carbonyl (C=O) groups is 1. The van der Waals surface area contributed by atoms with E-state index in [9.17, 15) is 4.79 Å². The maximum absolute atomic E-state index is 11.6. The summed E-state index contributed by atoms with van der Waals surface area (Å²) in [7, 11) is 2.11. The third-order valence-corrected chi connectivity index (χ3v) is 3.08. The van der Waals surface area contributed by atoms with Gasteiger partial charge in [-0.2, -0.15) is 0 Å². The summed E-state index contributed by atoms with van der Waals surface area (Å²) in [5.74, 6) is 0.348. The molecule has 0 aromatic heterocycles. The topological polar surface area (TPSA) is 23.6 Å². The average molecular weight is 198 g/mol. The van der Waals surface area contributed by atoms with E-state index in [1.807, 2.05) is 0 Å². The van der Waals surface area contributed by atoms with Crippen LogP contribution in [-0.2, 0) is 4.79 Å². The van der Waals surface area contributed by atoms with Crippen LogP contribution in [0.5, 0.6) is 0 Å². The second-order valence-corrected chi connectivity index (χ2v) is 4.11. The zero-order valence-corrected chi connectivity index (χ0v) is 9.62. The Hall–Kier alpha value is -0.570. The highest BCUT2D eigenvalue weighted by molar-refractivity contribution is 5.78. The van der Waals surface area contributed by atoms with Gasteiger partial charge < -0.3 is 9.80 Å². The Morgan fingerprint density at radius 3 is 2.64 bits per heavy atom. The number of hydrogen-bond donors (Lipinski definition) is 0. The molecule has 82 valence electrons. The van der Waals surface area contributed by atoms with Crippen LogP contribution < -0.4 is 0 Å².